The van der Waals surface area contributed by atoms with Crippen molar-refractivity contribution < 1.29 is 32.2 Å². The highest BCUT2D eigenvalue weighted by Gasteiger charge is 2.46. The van der Waals surface area contributed by atoms with Gasteiger partial charge in [0.2, 0.25) is 0 Å². The number of benzene rings is 2. The maximum absolute atomic E-state index is 13.9. The Hall–Kier alpha value is -3.54. The third kappa shape index (κ3) is 8.88. The summed E-state index contributed by atoms with van der Waals surface area (Å²) in [5, 5.41) is 7.72. The van der Waals surface area contributed by atoms with Crippen LogP contribution in [0.5, 0.6) is 5.75 Å². The minimum Gasteiger partial charge on any atom is -0.494 e. The van der Waals surface area contributed by atoms with Crippen molar-refractivity contribution in [2.45, 2.75) is 89.8 Å². The Morgan fingerprint density at radius 1 is 0.957 bits per heavy atom. The van der Waals surface area contributed by atoms with Crippen LogP contribution in [0, 0.1) is 23.7 Å². The van der Waals surface area contributed by atoms with E-state index in [1.54, 1.807) is 24.3 Å². The van der Waals surface area contributed by atoms with Crippen molar-refractivity contribution in [3.8, 4) is 5.75 Å². The van der Waals surface area contributed by atoms with E-state index in [4.69, 9.17) is 9.47 Å². The summed E-state index contributed by atoms with van der Waals surface area (Å²) in [6.07, 6.45) is 3.60. The molecule has 2 saturated carbocycles. The van der Waals surface area contributed by atoms with Crippen molar-refractivity contribution in [3.63, 3.8) is 0 Å². The largest absolute Gasteiger partial charge is 0.494 e. The molecular weight excluding hydrogens is 627 g/mol. The van der Waals surface area contributed by atoms with E-state index in [-0.39, 0.29) is 29.8 Å². The fourth-order valence-electron chi connectivity index (χ4n) is 6.83. The van der Waals surface area contributed by atoms with E-state index in [2.05, 4.69) is 30.0 Å². The molecule has 2 aromatic carbocycles. The third-order valence-electron chi connectivity index (χ3n) is 9.61. The number of carbonyl (C=O) groups excluding carboxylic acids is 2. The molecule has 0 radical (unpaired) electrons. The molecule has 12 heteroatoms. The number of hydrogen-bond acceptors (Lipinski definition) is 7. The van der Waals surface area contributed by atoms with Gasteiger partial charge in [0.15, 0.2) is 5.78 Å². The van der Waals surface area contributed by atoms with E-state index < -0.39 is 49.1 Å². The highest BCUT2D eigenvalue weighted by atomic mass is 28.3. The molecule has 0 amide bonds. The third-order valence-corrected chi connectivity index (χ3v) is 11.3. The number of Topliss-reactive ketones (excluding diaryl/α,β-unsaturated/α-hetero) is 1. The van der Waals surface area contributed by atoms with Crippen molar-refractivity contribution in [3.05, 3.63) is 63.9 Å². The molecule has 5 rings (SSSR count). The molecular formula is C35H44F3N3O5Si. The average molecular weight is 672 g/mol. The fourth-order valence-corrected chi connectivity index (χ4v) is 7.55. The van der Waals surface area contributed by atoms with Gasteiger partial charge < -0.3 is 9.47 Å². The van der Waals surface area contributed by atoms with Crippen LogP contribution >= 0.6 is 0 Å². The number of carbonyl (C=O) groups is 2. The Morgan fingerprint density at radius 2 is 1.68 bits per heavy atom. The van der Waals surface area contributed by atoms with Gasteiger partial charge >= 0.3 is 12.1 Å². The molecule has 0 unspecified atom stereocenters. The predicted molar refractivity (Wildman–Crippen MR) is 175 cm³/mol. The van der Waals surface area contributed by atoms with Gasteiger partial charge in [0, 0.05) is 19.6 Å². The Kier molecular flexibility index (Phi) is 10.9. The number of esters is 1. The summed E-state index contributed by atoms with van der Waals surface area (Å²) in [6.45, 7) is 7.30. The average Bonchev–Trinajstić information content (AvgIpc) is 3.45. The number of ether oxygens (including phenoxy) is 2. The van der Waals surface area contributed by atoms with E-state index >= 15 is 0 Å². The molecule has 3 atom stereocenters. The van der Waals surface area contributed by atoms with Gasteiger partial charge in [-0.25, -0.2) is 4.68 Å². The van der Waals surface area contributed by atoms with Crippen LogP contribution in [0.25, 0.3) is 10.9 Å². The molecule has 3 aromatic rings. The molecule has 2 aliphatic carbocycles. The topological polar surface area (TPSA) is 100 Å². The van der Waals surface area contributed by atoms with Gasteiger partial charge in [-0.2, -0.15) is 13.2 Å². The Labute approximate surface area is 274 Å². The molecule has 0 saturated heterocycles. The number of halogens is 3. The van der Waals surface area contributed by atoms with Gasteiger partial charge in [0.05, 0.1) is 36.6 Å². The van der Waals surface area contributed by atoms with E-state index in [0.717, 1.165) is 35.3 Å². The van der Waals surface area contributed by atoms with E-state index in [1.165, 1.54) is 32.1 Å². The number of ketones is 1. The first-order valence-electron chi connectivity index (χ1n) is 16.7. The number of fused-ring (bicyclic) bond motifs is 1. The molecule has 8 nitrogen and oxygen atoms in total. The second-order valence-corrected chi connectivity index (χ2v) is 19.9. The summed E-state index contributed by atoms with van der Waals surface area (Å²) in [4.78, 5) is 40.7. The van der Waals surface area contributed by atoms with E-state index in [0.29, 0.717) is 36.7 Å². The maximum atomic E-state index is 13.9. The second-order valence-electron chi connectivity index (χ2n) is 14.3. The highest BCUT2D eigenvalue weighted by Crippen LogP contribution is 2.41. The van der Waals surface area contributed by atoms with Crippen LogP contribution in [-0.4, -0.2) is 48.0 Å². The number of hydrogen-bond donors (Lipinski definition) is 0. The van der Waals surface area contributed by atoms with Crippen molar-refractivity contribution in [1.82, 2.24) is 15.0 Å². The monoisotopic (exact) mass is 671 g/mol. The first-order chi connectivity index (χ1) is 22.3. The standard InChI is InChI=1S/C35H44F3N3O5Si/c1-47(2,3)20-19-46-34(44)31-25(22-41-33(43)29-21-26(35(36,37)38)12-16-30(29)39-40-41)11-15-28(31)32(42)24-9-13-27(14-10-24)45-18-17-23-7-5-4-6-8-23/h9-10,12-14,16,21,23,25,28,31H,4-8,11,15,17-20,22H2,1-3H3/t25-,28-,31-/m0/s1. The van der Waals surface area contributed by atoms with Crippen molar-refractivity contribution in [2.75, 3.05) is 13.2 Å². The van der Waals surface area contributed by atoms with Gasteiger partial charge in [0.1, 0.15) is 11.3 Å². The Bertz CT molecular complexity index is 1610. The lowest BCUT2D eigenvalue weighted by Crippen LogP contribution is -2.36. The van der Waals surface area contributed by atoms with Crippen molar-refractivity contribution >= 4 is 30.7 Å². The molecule has 0 aliphatic heterocycles. The minimum atomic E-state index is -4.63. The van der Waals surface area contributed by atoms with Gasteiger partial charge in [-0.15, -0.1) is 5.10 Å². The van der Waals surface area contributed by atoms with Crippen molar-refractivity contribution in [1.29, 1.82) is 0 Å². The van der Waals surface area contributed by atoms with Gasteiger partial charge in [-0.3, -0.25) is 14.4 Å². The van der Waals surface area contributed by atoms with Crippen LogP contribution in [0.15, 0.2) is 47.3 Å². The molecule has 0 spiro atoms. The van der Waals surface area contributed by atoms with Gasteiger partial charge in [0.25, 0.3) is 5.56 Å². The highest BCUT2D eigenvalue weighted by molar-refractivity contribution is 6.76. The summed E-state index contributed by atoms with van der Waals surface area (Å²) < 4.78 is 52.8. The fraction of sp³-hybridized carbons (Fsp3) is 0.571. The SMILES string of the molecule is C[Si](C)(C)CCOC(=O)[C@H]1[C@H](Cn2nnc3ccc(C(F)(F)F)cc3c2=O)CC[C@@H]1C(=O)c1ccc(OCCC2CCCCC2)cc1. The normalized spacial score (nSPS) is 20.8. The quantitative estimate of drug-likeness (QED) is 0.111. The van der Waals surface area contributed by atoms with Crippen LogP contribution in [0.2, 0.25) is 25.7 Å². The zero-order chi connectivity index (χ0) is 33.8. The lowest BCUT2D eigenvalue weighted by Gasteiger charge is -2.24. The molecule has 1 heterocycles. The lowest BCUT2D eigenvalue weighted by atomic mass is 9.84. The number of nitrogens with zero attached hydrogens (tertiary/aromatic N) is 3. The summed E-state index contributed by atoms with van der Waals surface area (Å²) in [5.74, 6) is -1.34. The minimum absolute atomic E-state index is 0.0439. The number of aromatic nitrogens is 3. The maximum Gasteiger partial charge on any atom is 0.416 e. The molecule has 47 heavy (non-hydrogen) atoms. The van der Waals surface area contributed by atoms with E-state index in [1.807, 2.05) is 0 Å². The summed E-state index contributed by atoms with van der Waals surface area (Å²) in [5.41, 5.74) is -1.20. The Morgan fingerprint density at radius 3 is 2.36 bits per heavy atom. The zero-order valence-corrected chi connectivity index (χ0v) is 28.4. The van der Waals surface area contributed by atoms with Gasteiger partial charge in [-0.1, -0.05) is 57.0 Å². The number of rotatable bonds is 12. The zero-order valence-electron chi connectivity index (χ0n) is 27.4. The van der Waals surface area contributed by atoms with E-state index in [9.17, 15) is 27.6 Å². The number of alkyl halides is 3. The van der Waals surface area contributed by atoms with Crippen LogP contribution in [-0.2, 0) is 22.3 Å². The van der Waals surface area contributed by atoms with Crippen LogP contribution in [0.4, 0.5) is 13.2 Å². The second kappa shape index (κ2) is 14.7. The van der Waals surface area contributed by atoms with Crippen LogP contribution < -0.4 is 10.3 Å². The predicted octanol–water partition coefficient (Wildman–Crippen LogP) is 7.57. The summed E-state index contributed by atoms with van der Waals surface area (Å²) >= 11 is 0. The molecule has 1 aromatic heterocycles. The molecule has 2 aliphatic rings. The molecule has 254 valence electrons. The molecule has 2 fully saturated rings. The lowest BCUT2D eigenvalue weighted by molar-refractivity contribution is -0.150. The first-order valence-corrected chi connectivity index (χ1v) is 20.4. The molecule has 0 bridgehead atoms. The summed E-state index contributed by atoms with van der Waals surface area (Å²) in [7, 11) is -1.51. The van der Waals surface area contributed by atoms with Crippen LogP contribution in [0.1, 0.15) is 67.3 Å². The first kappa shape index (κ1) is 34.8. The van der Waals surface area contributed by atoms with Crippen molar-refractivity contribution in [2.24, 2.45) is 23.7 Å². The smallest absolute Gasteiger partial charge is 0.416 e. The van der Waals surface area contributed by atoms with Gasteiger partial charge in [-0.05, 0) is 79.6 Å². The Balaban J connectivity index is 1.32. The molecule has 0 N–H and O–H groups in total. The van der Waals surface area contributed by atoms with Crippen LogP contribution in [0.3, 0.4) is 0 Å². The summed E-state index contributed by atoms with van der Waals surface area (Å²) in [6, 6.07) is 10.5.